The van der Waals surface area contributed by atoms with E-state index in [2.05, 4.69) is 10.3 Å². The number of benzene rings is 2. The van der Waals surface area contributed by atoms with Gasteiger partial charge in [-0.25, -0.2) is 4.98 Å². The van der Waals surface area contributed by atoms with Crippen LogP contribution in [-0.2, 0) is 16.0 Å². The van der Waals surface area contributed by atoms with E-state index in [0.717, 1.165) is 16.1 Å². The van der Waals surface area contributed by atoms with E-state index in [9.17, 15) is 9.59 Å². The number of aromatic nitrogens is 1. The van der Waals surface area contributed by atoms with E-state index in [1.807, 2.05) is 59.5 Å². The van der Waals surface area contributed by atoms with Crippen molar-refractivity contribution in [1.82, 2.24) is 9.88 Å². The fourth-order valence-electron chi connectivity index (χ4n) is 3.09. The highest BCUT2D eigenvalue weighted by Gasteiger charge is 2.17. The smallest absolute Gasteiger partial charge is 0.275 e. The molecule has 1 saturated heterocycles. The highest BCUT2D eigenvalue weighted by molar-refractivity contribution is 7.13. The van der Waals surface area contributed by atoms with Crippen LogP contribution in [0.4, 0.5) is 5.69 Å². The number of nitrogens with one attached hydrogen (secondary N) is 1. The number of ether oxygens (including phenoxy) is 1. The Hall–Kier alpha value is -3.03. The zero-order valence-electron chi connectivity index (χ0n) is 15.8. The van der Waals surface area contributed by atoms with Crippen LogP contribution in [0.15, 0.2) is 60.0 Å². The minimum Gasteiger partial charge on any atom is -0.378 e. The Balaban J connectivity index is 1.35. The van der Waals surface area contributed by atoms with Gasteiger partial charge in [-0.15, -0.1) is 11.3 Å². The van der Waals surface area contributed by atoms with E-state index < -0.39 is 0 Å². The molecule has 1 fully saturated rings. The molecule has 0 saturated carbocycles. The Morgan fingerprint density at radius 3 is 2.48 bits per heavy atom. The van der Waals surface area contributed by atoms with Crippen molar-refractivity contribution in [3.63, 3.8) is 0 Å². The zero-order valence-corrected chi connectivity index (χ0v) is 16.7. The van der Waals surface area contributed by atoms with Gasteiger partial charge in [-0.1, -0.05) is 42.5 Å². The Kier molecular flexibility index (Phi) is 5.97. The van der Waals surface area contributed by atoms with Gasteiger partial charge in [0.05, 0.1) is 19.6 Å². The molecule has 0 bridgehead atoms. The van der Waals surface area contributed by atoms with Crippen molar-refractivity contribution in [1.29, 1.82) is 0 Å². The summed E-state index contributed by atoms with van der Waals surface area (Å²) in [6, 6.07) is 17.1. The zero-order chi connectivity index (χ0) is 20.1. The minimum absolute atomic E-state index is 0.0981. The van der Waals surface area contributed by atoms with Crippen LogP contribution in [0.1, 0.15) is 16.1 Å². The third-order valence-corrected chi connectivity index (χ3v) is 5.58. The van der Waals surface area contributed by atoms with Crippen LogP contribution in [0.5, 0.6) is 0 Å². The minimum atomic E-state index is -0.249. The molecule has 2 aromatic carbocycles. The van der Waals surface area contributed by atoms with Gasteiger partial charge in [0.2, 0.25) is 5.91 Å². The molecule has 6 nitrogen and oxygen atoms in total. The summed E-state index contributed by atoms with van der Waals surface area (Å²) in [7, 11) is 0. The highest BCUT2D eigenvalue weighted by Crippen LogP contribution is 2.23. The first-order valence-electron chi connectivity index (χ1n) is 9.46. The number of hydrogen-bond acceptors (Lipinski definition) is 5. The van der Waals surface area contributed by atoms with E-state index in [1.165, 1.54) is 11.3 Å². The van der Waals surface area contributed by atoms with E-state index in [-0.39, 0.29) is 11.8 Å². The lowest BCUT2D eigenvalue weighted by Crippen LogP contribution is -2.41. The Labute approximate surface area is 173 Å². The molecule has 29 heavy (non-hydrogen) atoms. The van der Waals surface area contributed by atoms with E-state index >= 15 is 0 Å². The van der Waals surface area contributed by atoms with Gasteiger partial charge in [-0.05, 0) is 17.7 Å². The normalized spacial score (nSPS) is 13.9. The van der Waals surface area contributed by atoms with Crippen LogP contribution >= 0.6 is 11.3 Å². The van der Waals surface area contributed by atoms with Crippen LogP contribution in [0.25, 0.3) is 10.6 Å². The van der Waals surface area contributed by atoms with Crippen molar-refractivity contribution in [2.24, 2.45) is 0 Å². The Bertz CT molecular complexity index is 980. The number of anilines is 1. The van der Waals surface area contributed by atoms with Crippen molar-refractivity contribution in [2.45, 2.75) is 6.42 Å². The molecule has 0 radical (unpaired) electrons. The predicted molar refractivity (Wildman–Crippen MR) is 113 cm³/mol. The van der Waals surface area contributed by atoms with Gasteiger partial charge in [-0.2, -0.15) is 0 Å². The lowest BCUT2D eigenvalue weighted by Gasteiger charge is -2.26. The van der Waals surface area contributed by atoms with Gasteiger partial charge in [0.25, 0.3) is 5.91 Å². The van der Waals surface area contributed by atoms with Crippen LogP contribution in [-0.4, -0.2) is 48.0 Å². The number of amides is 2. The fraction of sp³-hybridized carbons (Fsp3) is 0.227. The molecule has 0 unspecified atom stereocenters. The number of thiazole rings is 1. The average molecular weight is 407 g/mol. The third-order valence-electron chi connectivity index (χ3n) is 4.69. The molecule has 0 aliphatic carbocycles. The molecule has 3 aromatic rings. The van der Waals surface area contributed by atoms with Gasteiger partial charge in [0.1, 0.15) is 10.7 Å². The molecule has 148 valence electrons. The Morgan fingerprint density at radius 2 is 1.76 bits per heavy atom. The molecule has 1 aromatic heterocycles. The molecule has 2 amide bonds. The number of rotatable bonds is 5. The van der Waals surface area contributed by atoms with Crippen molar-refractivity contribution >= 4 is 28.8 Å². The van der Waals surface area contributed by atoms with Gasteiger partial charge >= 0.3 is 0 Å². The Morgan fingerprint density at radius 1 is 1.03 bits per heavy atom. The average Bonchev–Trinajstić information content (AvgIpc) is 3.27. The summed E-state index contributed by atoms with van der Waals surface area (Å²) < 4.78 is 5.28. The summed E-state index contributed by atoms with van der Waals surface area (Å²) in [4.78, 5) is 31.1. The largest absolute Gasteiger partial charge is 0.378 e. The van der Waals surface area contributed by atoms with Gasteiger partial charge in [0, 0.05) is 29.7 Å². The monoisotopic (exact) mass is 407 g/mol. The fourth-order valence-corrected chi connectivity index (χ4v) is 3.90. The third kappa shape index (κ3) is 4.88. The number of morpholine rings is 1. The maximum Gasteiger partial charge on any atom is 0.275 e. The second kappa shape index (κ2) is 8.98. The topological polar surface area (TPSA) is 71.5 Å². The summed E-state index contributed by atoms with van der Waals surface area (Å²) in [6.07, 6.45) is 0.348. The first kappa shape index (κ1) is 19.3. The number of hydrogen-bond donors (Lipinski definition) is 1. The first-order chi connectivity index (χ1) is 14.2. The molecule has 7 heteroatoms. The van der Waals surface area contributed by atoms with Crippen LogP contribution < -0.4 is 5.32 Å². The molecule has 0 atom stereocenters. The molecular formula is C22H21N3O3S. The highest BCUT2D eigenvalue weighted by atomic mass is 32.1. The molecule has 1 aliphatic heterocycles. The molecule has 4 rings (SSSR count). The maximum atomic E-state index is 12.5. The van der Waals surface area contributed by atoms with Crippen molar-refractivity contribution in [3.05, 3.63) is 71.2 Å². The number of carbonyl (C=O) groups excluding carboxylic acids is 2. The summed E-state index contributed by atoms with van der Waals surface area (Å²) >= 11 is 1.44. The first-order valence-corrected chi connectivity index (χ1v) is 10.3. The lowest BCUT2D eigenvalue weighted by molar-refractivity contribution is -0.134. The van der Waals surface area contributed by atoms with Crippen molar-refractivity contribution in [2.75, 3.05) is 31.6 Å². The van der Waals surface area contributed by atoms with E-state index in [1.54, 1.807) is 5.38 Å². The summed E-state index contributed by atoms with van der Waals surface area (Å²) in [5.74, 6) is -0.151. The van der Waals surface area contributed by atoms with Crippen LogP contribution in [0.2, 0.25) is 0 Å². The quantitative estimate of drug-likeness (QED) is 0.703. The van der Waals surface area contributed by atoms with Crippen molar-refractivity contribution in [3.8, 4) is 10.6 Å². The van der Waals surface area contributed by atoms with Gasteiger partial charge in [0.15, 0.2) is 0 Å². The van der Waals surface area contributed by atoms with E-state index in [4.69, 9.17) is 4.74 Å². The standard InChI is InChI=1S/C22H21N3O3S/c26-20(25-10-12-28-13-11-25)14-16-6-8-18(9-7-16)23-21(27)19-15-29-22(24-19)17-4-2-1-3-5-17/h1-9,15H,10-14H2,(H,23,27). The maximum absolute atomic E-state index is 12.5. The molecular weight excluding hydrogens is 386 g/mol. The summed E-state index contributed by atoms with van der Waals surface area (Å²) in [5, 5.41) is 5.43. The van der Waals surface area contributed by atoms with Crippen molar-refractivity contribution < 1.29 is 14.3 Å². The van der Waals surface area contributed by atoms with Crippen LogP contribution in [0, 0.1) is 0 Å². The predicted octanol–water partition coefficient (Wildman–Crippen LogP) is 3.46. The molecule has 0 spiro atoms. The lowest BCUT2D eigenvalue weighted by atomic mass is 10.1. The van der Waals surface area contributed by atoms with E-state index in [0.29, 0.717) is 44.1 Å². The van der Waals surface area contributed by atoms with Crippen LogP contribution in [0.3, 0.4) is 0 Å². The summed E-state index contributed by atoms with van der Waals surface area (Å²) in [5.41, 5.74) is 2.97. The number of nitrogens with zero attached hydrogens (tertiary/aromatic N) is 2. The molecule has 1 N–H and O–H groups in total. The molecule has 2 heterocycles. The second-order valence-corrected chi connectivity index (χ2v) is 7.58. The molecule has 1 aliphatic rings. The second-order valence-electron chi connectivity index (χ2n) is 6.72. The van der Waals surface area contributed by atoms with Gasteiger partial charge in [-0.3, -0.25) is 9.59 Å². The SMILES string of the molecule is O=C(Nc1ccc(CC(=O)N2CCOCC2)cc1)c1csc(-c2ccccc2)n1. The van der Waals surface area contributed by atoms with Gasteiger partial charge < -0.3 is 15.0 Å². The number of carbonyl (C=O) groups is 2. The summed E-state index contributed by atoms with van der Waals surface area (Å²) in [6.45, 7) is 2.48.